The second-order valence-electron chi connectivity index (χ2n) is 7.75. The van der Waals surface area contributed by atoms with Gasteiger partial charge in [-0.1, -0.05) is 0 Å². The first-order valence-corrected chi connectivity index (χ1v) is 9.77. The van der Waals surface area contributed by atoms with Crippen LogP contribution in [0.3, 0.4) is 0 Å². The highest BCUT2D eigenvalue weighted by Crippen LogP contribution is 2.29. The molecule has 2 N–H and O–H groups in total. The molecular weight excluding hydrogens is 357 g/mol. The summed E-state index contributed by atoms with van der Waals surface area (Å²) in [6.45, 7) is 7.62. The summed E-state index contributed by atoms with van der Waals surface area (Å²) in [6.07, 6.45) is 6.48. The summed E-state index contributed by atoms with van der Waals surface area (Å²) in [7, 11) is 0. The normalized spacial score (nSPS) is 20.0. The molecule has 4 heterocycles. The number of aromatic nitrogens is 5. The third-order valence-corrected chi connectivity index (χ3v) is 5.26. The zero-order valence-corrected chi connectivity index (χ0v) is 16.5. The van der Waals surface area contributed by atoms with Crippen molar-refractivity contribution < 1.29 is 4.39 Å². The van der Waals surface area contributed by atoms with E-state index in [0.29, 0.717) is 24.3 Å². The standard InChI is InChI=1S/C20H26FN7/c1-13(2)28-14(3)15(10-26-28)16-9-17-18(24-8-7-23-17)19(27-16)25-12-20(21)5-4-6-22-11-20/h7-10,13,22H,4-6,11-12H2,1-3H3,(H,25,27). The molecule has 1 atom stereocenters. The third-order valence-electron chi connectivity index (χ3n) is 5.26. The lowest BCUT2D eigenvalue weighted by atomic mass is 9.96. The molecular formula is C20H26FN7. The van der Waals surface area contributed by atoms with E-state index in [9.17, 15) is 0 Å². The first kappa shape index (κ1) is 18.7. The van der Waals surface area contributed by atoms with Gasteiger partial charge in [-0.15, -0.1) is 0 Å². The second-order valence-corrected chi connectivity index (χ2v) is 7.75. The van der Waals surface area contributed by atoms with Crippen LogP contribution in [0, 0.1) is 6.92 Å². The summed E-state index contributed by atoms with van der Waals surface area (Å²) in [5.41, 5.74) is 2.82. The molecule has 1 fully saturated rings. The molecule has 0 spiro atoms. The molecule has 7 nitrogen and oxygen atoms in total. The van der Waals surface area contributed by atoms with E-state index in [2.05, 4.69) is 39.5 Å². The molecule has 0 bridgehead atoms. The molecule has 1 aliphatic heterocycles. The van der Waals surface area contributed by atoms with Gasteiger partial charge in [0.15, 0.2) is 5.82 Å². The van der Waals surface area contributed by atoms with Crippen LogP contribution in [-0.2, 0) is 0 Å². The molecule has 0 amide bonds. The highest BCUT2D eigenvalue weighted by atomic mass is 19.1. The minimum Gasteiger partial charge on any atom is -0.365 e. The van der Waals surface area contributed by atoms with Crippen molar-refractivity contribution >= 4 is 16.9 Å². The van der Waals surface area contributed by atoms with Gasteiger partial charge in [0.1, 0.15) is 11.2 Å². The predicted octanol–water partition coefficient (Wildman–Crippen LogP) is 3.28. The van der Waals surface area contributed by atoms with E-state index in [1.807, 2.05) is 23.9 Å². The zero-order chi connectivity index (χ0) is 19.7. The SMILES string of the molecule is Cc1c(-c2cc3nccnc3c(NCC3(F)CCCNC3)n2)cnn1C(C)C. The average Bonchev–Trinajstić information content (AvgIpc) is 3.08. The maximum absolute atomic E-state index is 15.0. The first-order chi connectivity index (χ1) is 13.5. The Kier molecular flexibility index (Phi) is 4.97. The van der Waals surface area contributed by atoms with Crippen molar-refractivity contribution in [3.63, 3.8) is 0 Å². The minimum atomic E-state index is -1.29. The maximum atomic E-state index is 15.0. The Hall–Kier alpha value is -2.61. The highest BCUT2D eigenvalue weighted by molar-refractivity contribution is 5.88. The lowest BCUT2D eigenvalue weighted by Crippen LogP contribution is -2.46. The van der Waals surface area contributed by atoms with Gasteiger partial charge in [0.25, 0.3) is 0 Å². The quantitative estimate of drug-likeness (QED) is 0.704. The van der Waals surface area contributed by atoms with Gasteiger partial charge in [0.05, 0.1) is 24.0 Å². The number of nitrogens with one attached hydrogen (secondary N) is 2. The van der Waals surface area contributed by atoms with Crippen LogP contribution in [0.4, 0.5) is 10.2 Å². The van der Waals surface area contributed by atoms with Crippen molar-refractivity contribution in [2.24, 2.45) is 0 Å². The van der Waals surface area contributed by atoms with Gasteiger partial charge < -0.3 is 10.6 Å². The summed E-state index contributed by atoms with van der Waals surface area (Å²) in [5.74, 6) is 0.555. The molecule has 148 valence electrons. The topological polar surface area (TPSA) is 80.6 Å². The molecule has 0 aliphatic carbocycles. The molecule has 3 aromatic heterocycles. The van der Waals surface area contributed by atoms with Crippen LogP contribution in [-0.4, -0.2) is 50.0 Å². The summed E-state index contributed by atoms with van der Waals surface area (Å²) >= 11 is 0. The predicted molar refractivity (Wildman–Crippen MR) is 108 cm³/mol. The fourth-order valence-corrected chi connectivity index (χ4v) is 3.75. The second kappa shape index (κ2) is 7.43. The third kappa shape index (κ3) is 3.56. The first-order valence-electron chi connectivity index (χ1n) is 9.77. The molecule has 28 heavy (non-hydrogen) atoms. The number of hydrogen-bond donors (Lipinski definition) is 2. The fourth-order valence-electron chi connectivity index (χ4n) is 3.75. The Morgan fingerprint density at radius 3 is 2.86 bits per heavy atom. The number of rotatable bonds is 5. The Bertz CT molecular complexity index is 976. The van der Waals surface area contributed by atoms with Gasteiger partial charge in [-0.25, -0.2) is 14.4 Å². The highest BCUT2D eigenvalue weighted by Gasteiger charge is 2.31. The van der Waals surface area contributed by atoms with E-state index in [4.69, 9.17) is 4.98 Å². The number of piperidine rings is 1. The van der Waals surface area contributed by atoms with Crippen LogP contribution in [0.25, 0.3) is 22.3 Å². The van der Waals surface area contributed by atoms with Gasteiger partial charge in [-0.2, -0.15) is 5.10 Å². The van der Waals surface area contributed by atoms with E-state index in [-0.39, 0.29) is 12.6 Å². The molecule has 0 saturated carbocycles. The van der Waals surface area contributed by atoms with Crippen LogP contribution in [0.15, 0.2) is 24.7 Å². The van der Waals surface area contributed by atoms with Gasteiger partial charge in [-0.3, -0.25) is 9.67 Å². The fraction of sp³-hybridized carbons (Fsp3) is 0.500. The molecule has 3 aromatic rings. The molecule has 4 rings (SSSR count). The summed E-state index contributed by atoms with van der Waals surface area (Å²) in [5, 5.41) is 10.8. The van der Waals surface area contributed by atoms with Crippen molar-refractivity contribution in [1.29, 1.82) is 0 Å². The van der Waals surface area contributed by atoms with Crippen LogP contribution >= 0.6 is 0 Å². The van der Waals surface area contributed by atoms with E-state index < -0.39 is 5.67 Å². The van der Waals surface area contributed by atoms with E-state index in [0.717, 1.165) is 35.4 Å². The molecule has 1 saturated heterocycles. The lowest BCUT2D eigenvalue weighted by molar-refractivity contribution is 0.137. The zero-order valence-electron chi connectivity index (χ0n) is 16.5. The van der Waals surface area contributed by atoms with Crippen molar-refractivity contribution in [2.75, 3.05) is 25.0 Å². The lowest BCUT2D eigenvalue weighted by Gasteiger charge is -2.30. The van der Waals surface area contributed by atoms with Crippen LogP contribution < -0.4 is 10.6 Å². The average molecular weight is 383 g/mol. The number of fused-ring (bicyclic) bond motifs is 1. The van der Waals surface area contributed by atoms with Gasteiger partial charge in [0, 0.05) is 36.2 Å². The van der Waals surface area contributed by atoms with E-state index in [1.165, 1.54) is 0 Å². The summed E-state index contributed by atoms with van der Waals surface area (Å²) in [6, 6.07) is 2.17. The number of alkyl halides is 1. The number of anilines is 1. The van der Waals surface area contributed by atoms with Gasteiger partial charge in [-0.05, 0) is 46.2 Å². The monoisotopic (exact) mass is 383 g/mol. The Balaban J connectivity index is 1.71. The molecule has 8 heteroatoms. The van der Waals surface area contributed by atoms with Crippen molar-refractivity contribution in [3.8, 4) is 11.3 Å². The largest absolute Gasteiger partial charge is 0.365 e. The minimum absolute atomic E-state index is 0.187. The van der Waals surface area contributed by atoms with Crippen LogP contribution in [0.5, 0.6) is 0 Å². The number of halogens is 1. The molecule has 1 aliphatic rings. The molecule has 1 unspecified atom stereocenters. The van der Waals surface area contributed by atoms with Crippen molar-refractivity contribution in [2.45, 2.75) is 45.3 Å². The smallest absolute Gasteiger partial charge is 0.155 e. The summed E-state index contributed by atoms with van der Waals surface area (Å²) in [4.78, 5) is 13.6. The molecule has 0 radical (unpaired) electrons. The number of nitrogens with zero attached hydrogens (tertiary/aromatic N) is 5. The summed E-state index contributed by atoms with van der Waals surface area (Å²) < 4.78 is 17.0. The maximum Gasteiger partial charge on any atom is 0.155 e. The van der Waals surface area contributed by atoms with E-state index in [1.54, 1.807) is 12.4 Å². The number of pyridine rings is 1. The Morgan fingerprint density at radius 2 is 2.14 bits per heavy atom. The molecule has 0 aromatic carbocycles. The van der Waals surface area contributed by atoms with Crippen LogP contribution in [0.2, 0.25) is 0 Å². The Labute approximate surface area is 163 Å². The number of hydrogen-bond acceptors (Lipinski definition) is 6. The van der Waals surface area contributed by atoms with Gasteiger partial charge >= 0.3 is 0 Å². The Morgan fingerprint density at radius 1 is 1.32 bits per heavy atom. The van der Waals surface area contributed by atoms with Gasteiger partial charge in [0.2, 0.25) is 0 Å². The van der Waals surface area contributed by atoms with Crippen LogP contribution in [0.1, 0.15) is 38.4 Å². The van der Waals surface area contributed by atoms with Crippen molar-refractivity contribution in [3.05, 3.63) is 30.4 Å². The van der Waals surface area contributed by atoms with Crippen molar-refractivity contribution in [1.82, 2.24) is 30.0 Å². The van der Waals surface area contributed by atoms with E-state index >= 15 is 4.39 Å².